The monoisotopic (exact) mass is 182 g/mol. The first-order valence-electron chi connectivity index (χ1n) is 5.70. The van der Waals surface area contributed by atoms with E-state index in [0.717, 1.165) is 5.92 Å². The van der Waals surface area contributed by atoms with Gasteiger partial charge in [-0.1, -0.05) is 0 Å². The molecule has 0 aliphatic carbocycles. The molecule has 0 heterocycles. The van der Waals surface area contributed by atoms with Gasteiger partial charge in [0.15, 0.2) is 0 Å². The van der Waals surface area contributed by atoms with Crippen molar-refractivity contribution in [3.63, 3.8) is 0 Å². The second-order valence-electron chi connectivity index (χ2n) is 4.56. The number of hydrogen-bond donors (Lipinski definition) is 0. The van der Waals surface area contributed by atoms with Crippen LogP contribution in [-0.4, -0.2) is 17.7 Å². The Hall–Kier alpha value is -0.183. The summed E-state index contributed by atoms with van der Waals surface area (Å²) in [6, 6.07) is 8.89. The zero-order valence-corrected chi connectivity index (χ0v) is 9.88. The molecule has 0 saturated heterocycles. The van der Waals surface area contributed by atoms with Gasteiger partial charge in [-0.25, -0.2) is 0 Å². The van der Waals surface area contributed by atoms with Crippen LogP contribution in [0.3, 0.4) is 0 Å². The summed E-state index contributed by atoms with van der Waals surface area (Å²) in [6.45, 7) is 6.78. The second kappa shape index (κ2) is 5.64. The molecule has 0 spiro atoms. The first-order valence-corrected chi connectivity index (χ1v) is 5.70. The van der Waals surface area contributed by atoms with Crippen LogP contribution in [0, 0.1) is 12.8 Å². The molecule has 2 atom stereocenters. The Bertz CT molecular complexity index is 280. The fourth-order valence-electron chi connectivity index (χ4n) is 1.88. The van der Waals surface area contributed by atoms with Crippen molar-refractivity contribution < 1.29 is 0 Å². The minimum absolute atomic E-state index is 0.699. The van der Waals surface area contributed by atoms with Gasteiger partial charge in [0.05, 0.1) is 0 Å². The number of hydrogen-bond acceptors (Lipinski definition) is 0. The van der Waals surface area contributed by atoms with Gasteiger partial charge in [0.25, 0.3) is 0 Å². The Morgan fingerprint density at radius 2 is 2.07 bits per heavy atom. The van der Waals surface area contributed by atoms with Crippen molar-refractivity contribution in [2.45, 2.75) is 38.2 Å². The molecule has 0 fully saturated rings. The van der Waals surface area contributed by atoms with Gasteiger partial charge in [0.1, 0.15) is 0 Å². The molecular weight excluding hydrogens is 163 g/mol. The summed E-state index contributed by atoms with van der Waals surface area (Å²) >= 11 is 2.33. The Labute approximate surface area is 97.3 Å². The van der Waals surface area contributed by atoms with E-state index < -0.39 is 0 Å². The molecular formula is C13H19Li. The van der Waals surface area contributed by atoms with Crippen LogP contribution >= 0.6 is 0 Å². The molecule has 1 aromatic rings. The van der Waals surface area contributed by atoms with Crippen molar-refractivity contribution in [1.82, 2.24) is 0 Å². The first-order chi connectivity index (χ1) is 6.63. The summed E-state index contributed by atoms with van der Waals surface area (Å²) in [7, 11) is 0. The third-order valence-electron chi connectivity index (χ3n) is 3.06. The van der Waals surface area contributed by atoms with Crippen molar-refractivity contribution in [3.05, 3.63) is 35.4 Å². The van der Waals surface area contributed by atoms with Crippen LogP contribution in [0.5, 0.6) is 0 Å². The van der Waals surface area contributed by atoms with Gasteiger partial charge in [-0.15, -0.1) is 0 Å². The third-order valence-corrected chi connectivity index (χ3v) is 3.06. The van der Waals surface area contributed by atoms with Gasteiger partial charge in [0.2, 0.25) is 0 Å². The number of aryl methyl sites for hydroxylation is 1. The molecule has 0 amide bonds. The summed E-state index contributed by atoms with van der Waals surface area (Å²) in [4.78, 5) is 0. The van der Waals surface area contributed by atoms with Crippen molar-refractivity contribution in [2.75, 3.05) is 0 Å². The van der Waals surface area contributed by atoms with Crippen molar-refractivity contribution in [1.29, 1.82) is 0 Å². The molecule has 14 heavy (non-hydrogen) atoms. The summed E-state index contributed by atoms with van der Waals surface area (Å²) in [5.74, 6) is 0.838. The molecule has 0 nitrogen and oxygen atoms in total. The Morgan fingerprint density at radius 1 is 1.36 bits per heavy atom. The molecule has 1 rings (SSSR count). The van der Waals surface area contributed by atoms with E-state index >= 15 is 0 Å². The van der Waals surface area contributed by atoms with Crippen molar-refractivity contribution in [2.24, 2.45) is 5.92 Å². The molecule has 0 aliphatic rings. The fourth-order valence-corrected chi connectivity index (χ4v) is 1.88. The third kappa shape index (κ3) is 3.52. The Kier molecular flexibility index (Phi) is 4.79. The molecule has 2 unspecified atom stereocenters. The second-order valence-corrected chi connectivity index (χ2v) is 4.56. The maximum atomic E-state index is 2.34. The van der Waals surface area contributed by atoms with E-state index in [2.05, 4.69) is 62.8 Å². The van der Waals surface area contributed by atoms with Crippen LogP contribution in [-0.2, 0) is 0 Å². The summed E-state index contributed by atoms with van der Waals surface area (Å²) < 4.78 is 0.699. The molecule has 0 radical (unpaired) electrons. The molecule has 0 aliphatic heterocycles. The topological polar surface area (TPSA) is 0 Å². The standard InChI is InChI=1S/C13H19.Li/c1-4-11(2)8-9-13-7-5-6-12(3)10-13;/h5-7,9-11H,4,8H2,1-3H3;. The van der Waals surface area contributed by atoms with E-state index in [1.807, 2.05) is 0 Å². The molecule has 1 aromatic carbocycles. The van der Waals surface area contributed by atoms with E-state index in [1.165, 1.54) is 24.0 Å². The molecule has 1 heteroatoms. The molecule has 72 valence electrons. The SMILES string of the molecule is [Li][CH](CC(C)CC)c1cccc(C)c1. The average molecular weight is 182 g/mol. The average Bonchev–Trinajstić information content (AvgIpc) is 2.17. The van der Waals surface area contributed by atoms with Gasteiger partial charge < -0.3 is 0 Å². The normalized spacial score (nSPS) is 15.2. The molecule has 0 N–H and O–H groups in total. The number of rotatable bonds is 4. The Balaban J connectivity index is 2.64. The predicted octanol–water partition coefficient (Wildman–Crippen LogP) is 3.64. The van der Waals surface area contributed by atoms with E-state index in [-0.39, 0.29) is 0 Å². The van der Waals surface area contributed by atoms with Crippen LogP contribution in [0.4, 0.5) is 0 Å². The van der Waals surface area contributed by atoms with E-state index in [0.29, 0.717) is 4.59 Å². The van der Waals surface area contributed by atoms with Gasteiger partial charge in [-0.05, 0) is 0 Å². The van der Waals surface area contributed by atoms with E-state index in [1.54, 1.807) is 0 Å². The molecule has 0 aromatic heterocycles. The van der Waals surface area contributed by atoms with E-state index in [9.17, 15) is 0 Å². The number of benzene rings is 1. The van der Waals surface area contributed by atoms with Crippen molar-refractivity contribution in [3.8, 4) is 0 Å². The van der Waals surface area contributed by atoms with E-state index in [4.69, 9.17) is 0 Å². The van der Waals surface area contributed by atoms with Gasteiger partial charge >= 0.3 is 97.2 Å². The van der Waals surface area contributed by atoms with Crippen LogP contribution in [0.15, 0.2) is 24.3 Å². The van der Waals surface area contributed by atoms with Gasteiger partial charge in [-0.3, -0.25) is 0 Å². The maximum absolute atomic E-state index is 2.34. The quantitative estimate of drug-likeness (QED) is 0.623. The Morgan fingerprint density at radius 3 is 2.64 bits per heavy atom. The fraction of sp³-hybridized carbons (Fsp3) is 0.538. The first kappa shape index (κ1) is 11.9. The van der Waals surface area contributed by atoms with Crippen LogP contribution < -0.4 is 0 Å². The molecule has 0 bridgehead atoms. The van der Waals surface area contributed by atoms with Crippen LogP contribution in [0.25, 0.3) is 0 Å². The van der Waals surface area contributed by atoms with Crippen LogP contribution in [0.2, 0.25) is 0 Å². The predicted molar refractivity (Wildman–Crippen MR) is 63.7 cm³/mol. The van der Waals surface area contributed by atoms with Gasteiger partial charge in [-0.2, -0.15) is 0 Å². The van der Waals surface area contributed by atoms with Gasteiger partial charge in [0, 0.05) is 0 Å². The van der Waals surface area contributed by atoms with Crippen LogP contribution in [0.1, 0.15) is 42.4 Å². The minimum atomic E-state index is 0.699. The summed E-state index contributed by atoms with van der Waals surface area (Å²) in [6.07, 6.45) is 2.59. The zero-order valence-electron chi connectivity index (χ0n) is 9.88. The molecule has 0 saturated carbocycles. The van der Waals surface area contributed by atoms with Crippen molar-refractivity contribution >= 4 is 17.7 Å². The summed E-state index contributed by atoms with van der Waals surface area (Å²) in [5.41, 5.74) is 2.86. The zero-order chi connectivity index (χ0) is 10.6. The summed E-state index contributed by atoms with van der Waals surface area (Å²) in [5, 5.41) is 0.